The van der Waals surface area contributed by atoms with Gasteiger partial charge in [0, 0.05) is 43.3 Å². The highest BCUT2D eigenvalue weighted by Gasteiger charge is 2.60. The number of aliphatic carboxylic acids is 1. The summed E-state index contributed by atoms with van der Waals surface area (Å²) >= 11 is 1.41. The number of sulfone groups is 1. The molecule has 10 nitrogen and oxygen atoms in total. The van der Waals surface area contributed by atoms with Crippen LogP contribution in [0.25, 0.3) is 0 Å². The topological polar surface area (TPSA) is 150 Å². The third-order valence-corrected chi connectivity index (χ3v) is 9.88. The molecule has 3 rings (SSSR count). The monoisotopic (exact) mass is 488 g/mol. The summed E-state index contributed by atoms with van der Waals surface area (Å²) in [5.41, 5.74) is 5.38. The predicted octanol–water partition coefficient (Wildman–Crippen LogP) is -0.679. The maximum absolute atomic E-state index is 12.9. The van der Waals surface area contributed by atoms with Gasteiger partial charge in [-0.25, -0.2) is 13.2 Å². The Morgan fingerprint density at radius 2 is 2.03 bits per heavy atom. The molecule has 12 heteroatoms. The minimum Gasteiger partial charge on any atom is -0.477 e. The van der Waals surface area contributed by atoms with Crippen LogP contribution in [0.4, 0.5) is 0 Å². The Labute approximate surface area is 192 Å². The number of fused-ring (bicyclic) bond motifs is 1. The van der Waals surface area contributed by atoms with Crippen LogP contribution < -0.4 is 11.1 Å². The van der Waals surface area contributed by atoms with Crippen LogP contribution >= 0.6 is 11.8 Å². The van der Waals surface area contributed by atoms with Crippen molar-refractivity contribution in [2.45, 2.75) is 37.6 Å². The van der Waals surface area contributed by atoms with Crippen LogP contribution in [-0.2, 0) is 24.2 Å². The molecule has 2 amide bonds. The molecule has 2 fully saturated rings. The van der Waals surface area contributed by atoms with Crippen LogP contribution in [0.15, 0.2) is 10.6 Å². The van der Waals surface area contributed by atoms with E-state index in [2.05, 4.69) is 5.32 Å². The molecular weight excluding hydrogens is 456 g/mol. The van der Waals surface area contributed by atoms with Gasteiger partial charge < -0.3 is 26.0 Å². The van der Waals surface area contributed by atoms with Gasteiger partial charge in [0.1, 0.15) is 5.70 Å². The van der Waals surface area contributed by atoms with Crippen molar-refractivity contribution in [3.63, 3.8) is 0 Å². The minimum absolute atomic E-state index is 0.00491. The highest BCUT2D eigenvalue weighted by atomic mass is 32.2. The van der Waals surface area contributed by atoms with Crippen molar-refractivity contribution in [2.75, 3.05) is 38.7 Å². The second-order valence-corrected chi connectivity index (χ2v) is 12.7. The smallest absolute Gasteiger partial charge is 0.353 e. The van der Waals surface area contributed by atoms with E-state index >= 15 is 0 Å². The van der Waals surface area contributed by atoms with Crippen molar-refractivity contribution in [3.8, 4) is 0 Å². The van der Waals surface area contributed by atoms with Crippen LogP contribution in [0, 0.1) is 17.8 Å². The van der Waals surface area contributed by atoms with Gasteiger partial charge in [-0.1, -0.05) is 13.8 Å². The summed E-state index contributed by atoms with van der Waals surface area (Å²) in [6.07, 6.45) is 0.570. The summed E-state index contributed by atoms with van der Waals surface area (Å²) in [5, 5.41) is 13.1. The van der Waals surface area contributed by atoms with Crippen molar-refractivity contribution < 1.29 is 27.9 Å². The zero-order chi connectivity index (χ0) is 24.0. The maximum atomic E-state index is 12.9. The molecule has 32 heavy (non-hydrogen) atoms. The zero-order valence-corrected chi connectivity index (χ0v) is 20.4. The van der Waals surface area contributed by atoms with E-state index in [-0.39, 0.29) is 58.8 Å². The predicted molar refractivity (Wildman–Crippen MR) is 121 cm³/mol. The largest absolute Gasteiger partial charge is 0.477 e. The lowest BCUT2D eigenvalue weighted by molar-refractivity contribution is -0.159. The first-order valence-corrected chi connectivity index (χ1v) is 13.4. The van der Waals surface area contributed by atoms with E-state index in [1.807, 2.05) is 6.92 Å². The normalized spacial score (nSPS) is 30.8. The molecule has 0 aromatic carbocycles. The molecule has 3 aliphatic rings. The molecule has 6 atom stereocenters. The number of likely N-dealkylation sites (N-methyl/N-ethyl adjacent to an activating group) is 1. The number of carboxylic acid groups (broad SMARTS) is 1. The Hall–Kier alpha value is -1.63. The SMILES string of the molecule is C[C@@H](CS(=O)(=O)CCN)[C@H]1C(=O)N2C(C(=O)O)=C(S[C@@H]3CN[C@H](C(=O)N(C)C)C3)[C@H](C)[C@@H]12. The van der Waals surface area contributed by atoms with Gasteiger partial charge in [0.15, 0.2) is 9.84 Å². The third-order valence-electron chi connectivity index (χ3n) is 6.47. The van der Waals surface area contributed by atoms with Gasteiger partial charge in [-0.2, -0.15) is 0 Å². The zero-order valence-electron chi connectivity index (χ0n) is 18.8. The highest BCUT2D eigenvalue weighted by molar-refractivity contribution is 8.03. The number of β-lactam (4-membered cyclic amide) rings is 1. The number of hydrogen-bond acceptors (Lipinski definition) is 8. The number of amides is 2. The van der Waals surface area contributed by atoms with Crippen LogP contribution in [0.1, 0.15) is 20.3 Å². The van der Waals surface area contributed by atoms with Gasteiger partial charge in [0.05, 0.1) is 29.5 Å². The molecule has 4 N–H and O–H groups in total. The maximum Gasteiger partial charge on any atom is 0.353 e. The lowest BCUT2D eigenvalue weighted by atomic mass is 9.75. The van der Waals surface area contributed by atoms with E-state index in [1.165, 1.54) is 21.6 Å². The summed E-state index contributed by atoms with van der Waals surface area (Å²) in [5.74, 6) is -3.01. The molecule has 3 aliphatic heterocycles. The lowest BCUT2D eigenvalue weighted by Crippen LogP contribution is -2.63. The molecule has 2 saturated heterocycles. The van der Waals surface area contributed by atoms with E-state index in [0.29, 0.717) is 17.9 Å². The van der Waals surface area contributed by atoms with Gasteiger partial charge in [-0.3, -0.25) is 9.59 Å². The van der Waals surface area contributed by atoms with Crippen molar-refractivity contribution >= 4 is 39.4 Å². The fourth-order valence-electron chi connectivity index (χ4n) is 5.01. The van der Waals surface area contributed by atoms with E-state index in [0.717, 1.165) is 0 Å². The van der Waals surface area contributed by atoms with Crippen LogP contribution in [0.3, 0.4) is 0 Å². The molecule has 180 valence electrons. The van der Waals surface area contributed by atoms with Gasteiger partial charge in [-0.05, 0) is 12.3 Å². The van der Waals surface area contributed by atoms with Crippen LogP contribution in [0.2, 0.25) is 0 Å². The minimum atomic E-state index is -3.38. The number of carbonyl (C=O) groups excluding carboxylic acids is 2. The van der Waals surface area contributed by atoms with E-state index in [9.17, 15) is 27.9 Å². The number of nitrogens with zero attached hydrogens (tertiary/aromatic N) is 2. The summed E-state index contributed by atoms with van der Waals surface area (Å²) in [4.78, 5) is 40.7. The first kappa shape index (κ1) is 25.0. The molecule has 0 bridgehead atoms. The Morgan fingerprint density at radius 3 is 2.59 bits per heavy atom. The van der Waals surface area contributed by atoms with Gasteiger partial charge in [0.2, 0.25) is 11.8 Å². The van der Waals surface area contributed by atoms with Crippen LogP contribution in [0.5, 0.6) is 0 Å². The second kappa shape index (κ2) is 9.32. The van der Waals surface area contributed by atoms with E-state index in [1.54, 1.807) is 21.0 Å². The first-order valence-electron chi connectivity index (χ1n) is 10.7. The van der Waals surface area contributed by atoms with E-state index < -0.39 is 27.6 Å². The van der Waals surface area contributed by atoms with Crippen molar-refractivity contribution in [3.05, 3.63) is 10.6 Å². The molecular formula is C20H32N4O6S2. The average molecular weight is 489 g/mol. The lowest BCUT2D eigenvalue weighted by Gasteiger charge is -2.47. The summed E-state index contributed by atoms with van der Waals surface area (Å²) < 4.78 is 24.4. The molecule has 0 aromatic rings. The van der Waals surface area contributed by atoms with E-state index in [4.69, 9.17) is 5.73 Å². The first-order chi connectivity index (χ1) is 14.9. The fourth-order valence-corrected chi connectivity index (χ4v) is 8.02. The van der Waals surface area contributed by atoms with Crippen molar-refractivity contribution in [1.29, 1.82) is 0 Å². The number of nitrogens with two attached hydrogens (primary N) is 1. The quantitative estimate of drug-likeness (QED) is 0.359. The molecule has 0 spiro atoms. The fraction of sp³-hybridized carbons (Fsp3) is 0.750. The summed E-state index contributed by atoms with van der Waals surface area (Å²) in [6.45, 7) is 4.21. The number of carboxylic acids is 1. The van der Waals surface area contributed by atoms with Crippen molar-refractivity contribution in [1.82, 2.24) is 15.1 Å². The molecule has 3 heterocycles. The second-order valence-electron chi connectivity index (χ2n) is 9.08. The van der Waals surface area contributed by atoms with Crippen molar-refractivity contribution in [2.24, 2.45) is 23.5 Å². The molecule has 0 unspecified atom stereocenters. The average Bonchev–Trinajstić information content (AvgIpc) is 3.23. The number of thioether (sulfide) groups is 1. The number of hydrogen-bond donors (Lipinski definition) is 3. The third kappa shape index (κ3) is 4.55. The highest BCUT2D eigenvalue weighted by Crippen LogP contribution is 2.52. The molecule has 0 aliphatic carbocycles. The summed E-state index contributed by atoms with van der Waals surface area (Å²) in [7, 11) is 0.00913. The van der Waals surface area contributed by atoms with Crippen LogP contribution in [-0.4, -0.2) is 97.1 Å². The summed E-state index contributed by atoms with van der Waals surface area (Å²) in [6, 6.07) is -0.681. The number of carbonyl (C=O) groups is 3. The Bertz CT molecular complexity index is 934. The van der Waals surface area contributed by atoms with Gasteiger partial charge >= 0.3 is 5.97 Å². The Morgan fingerprint density at radius 1 is 1.38 bits per heavy atom. The number of rotatable bonds is 9. The van der Waals surface area contributed by atoms with Gasteiger partial charge in [0.25, 0.3) is 0 Å². The number of nitrogens with one attached hydrogen (secondary N) is 1. The Balaban J connectivity index is 1.76. The molecule has 0 saturated carbocycles. The standard InChI is InChI=1S/C20H32N4O6S2/c1-10(9-32(29,30)6-5-21)14-15-11(2)17(16(20(27)28)24(15)19(14)26)31-12-7-13(22-8-12)18(25)23(3)4/h10-15,22H,5-9,21H2,1-4H3,(H,27,28)/t10-,11+,12-,13-,14+,15-/m0/s1. The molecule has 0 radical (unpaired) electrons. The Kier molecular flexibility index (Phi) is 7.28. The van der Waals surface area contributed by atoms with Gasteiger partial charge in [-0.15, -0.1) is 11.8 Å². The molecule has 0 aromatic heterocycles.